The molecule has 0 atom stereocenters. The first-order valence-electron chi connectivity index (χ1n) is 8.32. The molecule has 2 aromatic rings. The molecule has 3 heteroatoms. The van der Waals surface area contributed by atoms with E-state index in [1.165, 1.54) is 5.56 Å². The zero-order valence-electron chi connectivity index (χ0n) is 15.7. The molecule has 128 valence electrons. The topological polar surface area (TPSA) is 38.3 Å². The van der Waals surface area contributed by atoms with Gasteiger partial charge in [-0.1, -0.05) is 31.5 Å². The Bertz CT molecular complexity index is 753. The number of hydrogen-bond donors (Lipinski definition) is 1. The minimum atomic E-state index is -0.0768. The molecule has 3 nitrogen and oxygen atoms in total. The third-order valence-electron chi connectivity index (χ3n) is 4.36. The Morgan fingerprint density at radius 3 is 2.04 bits per heavy atom. The number of hydrogen-bond acceptors (Lipinski definition) is 2. The largest absolute Gasteiger partial charge is 0.496 e. The molecule has 0 aromatic heterocycles. The summed E-state index contributed by atoms with van der Waals surface area (Å²) in [5, 5.41) is 3.09. The van der Waals surface area contributed by atoms with Crippen molar-refractivity contribution < 1.29 is 9.53 Å². The van der Waals surface area contributed by atoms with Crippen LogP contribution in [0.5, 0.6) is 5.75 Å². The molecule has 0 radical (unpaired) electrons. The average molecular weight is 325 g/mol. The second-order valence-electron chi connectivity index (χ2n) is 6.79. The summed E-state index contributed by atoms with van der Waals surface area (Å²) in [6.07, 6.45) is 0. The van der Waals surface area contributed by atoms with E-state index < -0.39 is 0 Å². The molecule has 24 heavy (non-hydrogen) atoms. The molecule has 0 unspecified atom stereocenters. The van der Waals surface area contributed by atoms with Crippen molar-refractivity contribution in [1.29, 1.82) is 0 Å². The Kier molecular flexibility index (Phi) is 5.33. The summed E-state index contributed by atoms with van der Waals surface area (Å²) in [6.45, 7) is 12.3. The highest BCUT2D eigenvalue weighted by molar-refractivity contribution is 6.06. The van der Waals surface area contributed by atoms with Gasteiger partial charge >= 0.3 is 0 Å². The molecule has 0 bridgehead atoms. The molecule has 1 amide bonds. The number of benzene rings is 2. The lowest BCUT2D eigenvalue weighted by molar-refractivity contribution is 0.102. The van der Waals surface area contributed by atoms with Crippen LogP contribution in [0.4, 0.5) is 5.69 Å². The van der Waals surface area contributed by atoms with Gasteiger partial charge in [0.1, 0.15) is 5.75 Å². The highest BCUT2D eigenvalue weighted by atomic mass is 16.5. The molecule has 0 heterocycles. The molecule has 0 aliphatic heterocycles. The van der Waals surface area contributed by atoms with Crippen LogP contribution in [0.2, 0.25) is 0 Å². The summed E-state index contributed by atoms with van der Waals surface area (Å²) in [4.78, 5) is 12.8. The van der Waals surface area contributed by atoms with Gasteiger partial charge in [-0.15, -0.1) is 0 Å². The SMILES string of the molecule is COc1cc(C)c(C(=O)Nc2c(C)cc(C)cc2C)cc1C(C)C. The van der Waals surface area contributed by atoms with Crippen molar-refractivity contribution in [2.24, 2.45) is 0 Å². The van der Waals surface area contributed by atoms with Crippen molar-refractivity contribution in [3.63, 3.8) is 0 Å². The first-order valence-corrected chi connectivity index (χ1v) is 8.32. The van der Waals surface area contributed by atoms with Gasteiger partial charge in [0.2, 0.25) is 0 Å². The van der Waals surface area contributed by atoms with E-state index >= 15 is 0 Å². The van der Waals surface area contributed by atoms with Crippen molar-refractivity contribution in [3.05, 3.63) is 57.6 Å². The lowest BCUT2D eigenvalue weighted by atomic mass is 9.96. The van der Waals surface area contributed by atoms with Crippen LogP contribution < -0.4 is 10.1 Å². The minimum absolute atomic E-state index is 0.0768. The molecule has 0 fully saturated rings. The summed E-state index contributed by atoms with van der Waals surface area (Å²) >= 11 is 0. The van der Waals surface area contributed by atoms with Crippen molar-refractivity contribution in [1.82, 2.24) is 0 Å². The van der Waals surface area contributed by atoms with Crippen LogP contribution in [0.3, 0.4) is 0 Å². The van der Waals surface area contributed by atoms with E-state index in [1.807, 2.05) is 32.9 Å². The maximum atomic E-state index is 12.8. The minimum Gasteiger partial charge on any atom is -0.496 e. The standard InChI is InChI=1S/C21H27NO2/c1-12(2)17-11-18(14(4)10-19(17)24-7)21(23)22-20-15(5)8-13(3)9-16(20)6/h8-12H,1-7H3,(H,22,23). The van der Waals surface area contributed by atoms with E-state index in [2.05, 4.69) is 38.2 Å². The van der Waals surface area contributed by atoms with Crippen LogP contribution in [-0.2, 0) is 0 Å². The summed E-state index contributed by atoms with van der Waals surface area (Å²) in [6, 6.07) is 8.07. The number of carbonyl (C=O) groups is 1. The molecule has 1 N–H and O–H groups in total. The fourth-order valence-electron chi connectivity index (χ4n) is 3.13. The van der Waals surface area contributed by atoms with Gasteiger partial charge < -0.3 is 10.1 Å². The van der Waals surface area contributed by atoms with Gasteiger partial charge in [0.05, 0.1) is 7.11 Å². The van der Waals surface area contributed by atoms with E-state index in [0.29, 0.717) is 5.56 Å². The van der Waals surface area contributed by atoms with Gasteiger partial charge in [0.15, 0.2) is 0 Å². The summed E-state index contributed by atoms with van der Waals surface area (Å²) in [7, 11) is 1.67. The molecular weight excluding hydrogens is 298 g/mol. The number of ether oxygens (including phenoxy) is 1. The van der Waals surface area contributed by atoms with E-state index in [-0.39, 0.29) is 11.8 Å². The number of methoxy groups -OCH3 is 1. The summed E-state index contributed by atoms with van der Waals surface area (Å²) in [5.74, 6) is 1.05. The van der Waals surface area contributed by atoms with Crippen molar-refractivity contribution in [2.75, 3.05) is 12.4 Å². The summed E-state index contributed by atoms with van der Waals surface area (Å²) in [5.41, 5.74) is 6.91. The van der Waals surface area contributed by atoms with E-state index in [4.69, 9.17) is 4.74 Å². The quantitative estimate of drug-likeness (QED) is 0.828. The molecule has 0 saturated carbocycles. The van der Waals surface area contributed by atoms with Gasteiger partial charge in [0, 0.05) is 11.3 Å². The second kappa shape index (κ2) is 7.08. The van der Waals surface area contributed by atoms with Crippen molar-refractivity contribution in [2.45, 2.75) is 47.5 Å². The van der Waals surface area contributed by atoms with Gasteiger partial charge in [0.25, 0.3) is 5.91 Å². The lowest BCUT2D eigenvalue weighted by Gasteiger charge is -2.17. The molecule has 0 aliphatic carbocycles. The third-order valence-corrected chi connectivity index (χ3v) is 4.36. The van der Waals surface area contributed by atoms with E-state index in [1.54, 1.807) is 7.11 Å². The normalized spacial score (nSPS) is 10.8. The molecular formula is C21H27NO2. The van der Waals surface area contributed by atoms with Crippen LogP contribution in [0.15, 0.2) is 24.3 Å². The Balaban J connectivity index is 2.42. The van der Waals surface area contributed by atoms with Crippen LogP contribution >= 0.6 is 0 Å². The maximum Gasteiger partial charge on any atom is 0.255 e. The monoisotopic (exact) mass is 325 g/mol. The van der Waals surface area contributed by atoms with Crippen molar-refractivity contribution in [3.8, 4) is 5.75 Å². The number of aryl methyl sites for hydroxylation is 4. The van der Waals surface area contributed by atoms with Gasteiger partial charge in [-0.3, -0.25) is 4.79 Å². The predicted molar refractivity (Wildman–Crippen MR) is 100 cm³/mol. The van der Waals surface area contributed by atoms with Crippen LogP contribution in [0.25, 0.3) is 0 Å². The van der Waals surface area contributed by atoms with Crippen LogP contribution in [0, 0.1) is 27.7 Å². The second-order valence-corrected chi connectivity index (χ2v) is 6.79. The highest BCUT2D eigenvalue weighted by Crippen LogP contribution is 2.30. The molecule has 2 rings (SSSR count). The van der Waals surface area contributed by atoms with Crippen LogP contribution in [0.1, 0.15) is 57.9 Å². The van der Waals surface area contributed by atoms with Gasteiger partial charge in [-0.05, 0) is 68.0 Å². The maximum absolute atomic E-state index is 12.8. The fourth-order valence-corrected chi connectivity index (χ4v) is 3.13. The first kappa shape index (κ1) is 18.1. The highest BCUT2D eigenvalue weighted by Gasteiger charge is 2.17. The Labute approximate surface area is 145 Å². The zero-order valence-corrected chi connectivity index (χ0v) is 15.7. The van der Waals surface area contributed by atoms with E-state index in [0.717, 1.165) is 33.7 Å². The lowest BCUT2D eigenvalue weighted by Crippen LogP contribution is -2.16. The van der Waals surface area contributed by atoms with E-state index in [9.17, 15) is 4.79 Å². The number of nitrogens with one attached hydrogen (secondary N) is 1. The number of carbonyl (C=O) groups excluding carboxylic acids is 1. The Morgan fingerprint density at radius 1 is 0.958 bits per heavy atom. The number of rotatable bonds is 4. The van der Waals surface area contributed by atoms with Crippen LogP contribution in [-0.4, -0.2) is 13.0 Å². The predicted octanol–water partition coefficient (Wildman–Crippen LogP) is 5.30. The number of amides is 1. The third kappa shape index (κ3) is 3.61. The Hall–Kier alpha value is -2.29. The summed E-state index contributed by atoms with van der Waals surface area (Å²) < 4.78 is 5.46. The smallest absolute Gasteiger partial charge is 0.255 e. The first-order chi connectivity index (χ1) is 11.2. The number of anilines is 1. The molecule has 0 saturated heterocycles. The zero-order chi connectivity index (χ0) is 18.0. The molecule has 0 spiro atoms. The molecule has 0 aliphatic rings. The average Bonchev–Trinajstić information content (AvgIpc) is 2.49. The van der Waals surface area contributed by atoms with Gasteiger partial charge in [-0.2, -0.15) is 0 Å². The fraction of sp³-hybridized carbons (Fsp3) is 0.381. The molecule has 2 aromatic carbocycles. The van der Waals surface area contributed by atoms with Crippen molar-refractivity contribution >= 4 is 11.6 Å². The van der Waals surface area contributed by atoms with Gasteiger partial charge in [-0.25, -0.2) is 0 Å². The Morgan fingerprint density at radius 2 is 1.54 bits per heavy atom.